The number of benzene rings is 1. The fraction of sp³-hybridized carbons (Fsp3) is 0.467. The van der Waals surface area contributed by atoms with Crippen LogP contribution in [0.25, 0.3) is 0 Å². The number of hydrogen-bond donors (Lipinski definition) is 1. The second kappa shape index (κ2) is 7.64. The van der Waals surface area contributed by atoms with Crippen LogP contribution in [0.3, 0.4) is 0 Å². The first-order chi connectivity index (χ1) is 10.2. The minimum Gasteiger partial charge on any atom is -0.494 e. The van der Waals surface area contributed by atoms with Crippen molar-refractivity contribution in [1.82, 2.24) is 4.90 Å². The molecule has 0 unspecified atom stereocenters. The van der Waals surface area contributed by atoms with Crippen molar-refractivity contribution < 1.29 is 19.1 Å². The van der Waals surface area contributed by atoms with Crippen molar-refractivity contribution in [3.8, 4) is 5.75 Å². The highest BCUT2D eigenvalue weighted by Gasteiger charge is 2.19. The van der Waals surface area contributed by atoms with Gasteiger partial charge in [0.05, 0.1) is 19.8 Å². The summed E-state index contributed by atoms with van der Waals surface area (Å²) in [4.78, 5) is 25.4. The molecule has 1 fully saturated rings. The number of carbonyl (C=O) groups excluding carboxylic acids is 2. The van der Waals surface area contributed by atoms with Gasteiger partial charge in [-0.05, 0) is 31.2 Å². The predicted octanol–water partition coefficient (Wildman–Crippen LogP) is 1.27. The van der Waals surface area contributed by atoms with Gasteiger partial charge >= 0.3 is 0 Å². The van der Waals surface area contributed by atoms with Gasteiger partial charge in [0, 0.05) is 18.8 Å². The summed E-state index contributed by atoms with van der Waals surface area (Å²) < 4.78 is 10.5. The zero-order valence-corrected chi connectivity index (χ0v) is 12.1. The first-order valence-electron chi connectivity index (χ1n) is 7.07. The highest BCUT2D eigenvalue weighted by atomic mass is 16.5. The molecule has 2 amide bonds. The second-order valence-corrected chi connectivity index (χ2v) is 4.68. The van der Waals surface area contributed by atoms with Crippen LogP contribution >= 0.6 is 0 Å². The van der Waals surface area contributed by atoms with Gasteiger partial charge in [0.1, 0.15) is 12.2 Å². The minimum atomic E-state index is -0.310. The van der Waals surface area contributed by atoms with Crippen LogP contribution in [0.4, 0.5) is 5.69 Å². The van der Waals surface area contributed by atoms with E-state index < -0.39 is 0 Å². The number of carbonyl (C=O) groups is 2. The number of nitrogens with zero attached hydrogens (tertiary/aromatic N) is 1. The van der Waals surface area contributed by atoms with Crippen molar-refractivity contribution in [3.63, 3.8) is 0 Å². The van der Waals surface area contributed by atoms with Crippen LogP contribution in [-0.4, -0.2) is 49.6 Å². The van der Waals surface area contributed by atoms with E-state index in [1.54, 1.807) is 29.2 Å². The van der Waals surface area contributed by atoms with Gasteiger partial charge in [-0.1, -0.05) is 0 Å². The SMILES string of the molecule is CCOc1ccc(NC(=O)CC(=O)N2CCOCC2)cc1. The van der Waals surface area contributed by atoms with Crippen molar-refractivity contribution in [2.75, 3.05) is 38.2 Å². The van der Waals surface area contributed by atoms with Crippen LogP contribution in [-0.2, 0) is 14.3 Å². The highest BCUT2D eigenvalue weighted by Crippen LogP contribution is 2.15. The summed E-state index contributed by atoms with van der Waals surface area (Å²) in [6.45, 7) is 4.68. The minimum absolute atomic E-state index is 0.146. The Morgan fingerprint density at radius 3 is 2.52 bits per heavy atom. The Balaban J connectivity index is 1.81. The molecule has 0 aliphatic carbocycles. The summed E-state index contributed by atoms with van der Waals surface area (Å²) in [6.07, 6.45) is -0.146. The standard InChI is InChI=1S/C15H20N2O4/c1-2-21-13-5-3-12(4-6-13)16-14(18)11-15(19)17-7-9-20-10-8-17/h3-6H,2,7-11H2,1H3,(H,16,18). The Kier molecular flexibility index (Phi) is 5.57. The van der Waals surface area contributed by atoms with Gasteiger partial charge in [-0.15, -0.1) is 0 Å². The lowest BCUT2D eigenvalue weighted by molar-refractivity contribution is -0.138. The second-order valence-electron chi connectivity index (χ2n) is 4.68. The summed E-state index contributed by atoms with van der Waals surface area (Å²) in [7, 11) is 0. The topological polar surface area (TPSA) is 67.9 Å². The molecule has 1 saturated heterocycles. The van der Waals surface area contributed by atoms with Crippen LogP contribution in [0.15, 0.2) is 24.3 Å². The molecule has 0 spiro atoms. The molecule has 0 aromatic heterocycles. The molecule has 21 heavy (non-hydrogen) atoms. The zero-order chi connectivity index (χ0) is 15.1. The molecule has 1 heterocycles. The molecule has 1 aromatic carbocycles. The van der Waals surface area contributed by atoms with E-state index in [-0.39, 0.29) is 18.2 Å². The van der Waals surface area contributed by atoms with E-state index in [9.17, 15) is 9.59 Å². The van der Waals surface area contributed by atoms with Gasteiger partial charge in [0.2, 0.25) is 11.8 Å². The summed E-state index contributed by atoms with van der Waals surface area (Å²) in [5, 5.41) is 2.71. The normalized spacial score (nSPS) is 14.6. The lowest BCUT2D eigenvalue weighted by Crippen LogP contribution is -2.41. The number of ether oxygens (including phenoxy) is 2. The summed E-state index contributed by atoms with van der Waals surface area (Å²) in [5.41, 5.74) is 0.651. The fourth-order valence-electron chi connectivity index (χ4n) is 2.07. The largest absolute Gasteiger partial charge is 0.494 e. The molecule has 114 valence electrons. The monoisotopic (exact) mass is 292 g/mol. The quantitative estimate of drug-likeness (QED) is 0.830. The Hall–Kier alpha value is -2.08. The van der Waals surface area contributed by atoms with E-state index in [0.29, 0.717) is 38.6 Å². The van der Waals surface area contributed by atoms with Gasteiger partial charge < -0.3 is 19.7 Å². The molecule has 0 bridgehead atoms. The van der Waals surface area contributed by atoms with Crippen molar-refractivity contribution in [2.24, 2.45) is 0 Å². The third-order valence-electron chi connectivity index (χ3n) is 3.12. The maximum atomic E-state index is 11.9. The van der Waals surface area contributed by atoms with E-state index in [4.69, 9.17) is 9.47 Å². The molecular weight excluding hydrogens is 272 g/mol. The maximum Gasteiger partial charge on any atom is 0.233 e. The van der Waals surface area contributed by atoms with Crippen LogP contribution in [0, 0.1) is 0 Å². The molecule has 2 rings (SSSR count). The van der Waals surface area contributed by atoms with Crippen LogP contribution in [0.1, 0.15) is 13.3 Å². The molecule has 0 atom stereocenters. The Bertz CT molecular complexity index is 481. The number of morpholine rings is 1. The van der Waals surface area contributed by atoms with Crippen LogP contribution in [0.2, 0.25) is 0 Å². The first kappa shape index (κ1) is 15.3. The number of anilines is 1. The van der Waals surface area contributed by atoms with Gasteiger partial charge in [-0.25, -0.2) is 0 Å². The smallest absolute Gasteiger partial charge is 0.233 e. The number of hydrogen-bond acceptors (Lipinski definition) is 4. The summed E-state index contributed by atoms with van der Waals surface area (Å²) in [6, 6.07) is 7.07. The zero-order valence-electron chi connectivity index (χ0n) is 12.1. The third kappa shape index (κ3) is 4.75. The molecule has 1 aromatic rings. The van der Waals surface area contributed by atoms with Crippen molar-refractivity contribution in [1.29, 1.82) is 0 Å². The molecule has 0 radical (unpaired) electrons. The first-order valence-corrected chi connectivity index (χ1v) is 7.07. The molecule has 0 saturated carbocycles. The van der Waals surface area contributed by atoms with Crippen molar-refractivity contribution >= 4 is 17.5 Å². The van der Waals surface area contributed by atoms with Crippen LogP contribution < -0.4 is 10.1 Å². The summed E-state index contributed by atoms with van der Waals surface area (Å²) >= 11 is 0. The third-order valence-corrected chi connectivity index (χ3v) is 3.12. The molecule has 6 heteroatoms. The highest BCUT2D eigenvalue weighted by molar-refractivity contribution is 6.03. The molecule has 6 nitrogen and oxygen atoms in total. The Morgan fingerprint density at radius 2 is 1.90 bits per heavy atom. The van der Waals surface area contributed by atoms with E-state index in [1.807, 2.05) is 6.92 Å². The van der Waals surface area contributed by atoms with Gasteiger partial charge in [-0.2, -0.15) is 0 Å². The Labute approximate surface area is 124 Å². The van der Waals surface area contributed by atoms with Gasteiger partial charge in [0.15, 0.2) is 0 Å². The average Bonchev–Trinajstić information content (AvgIpc) is 2.50. The van der Waals surface area contributed by atoms with Crippen LogP contribution in [0.5, 0.6) is 5.75 Å². The average molecular weight is 292 g/mol. The maximum absolute atomic E-state index is 11.9. The predicted molar refractivity (Wildman–Crippen MR) is 78.3 cm³/mol. The number of nitrogens with one attached hydrogen (secondary N) is 1. The molecule has 1 aliphatic heterocycles. The number of rotatable bonds is 5. The van der Waals surface area contributed by atoms with E-state index >= 15 is 0 Å². The van der Waals surface area contributed by atoms with Gasteiger partial charge in [-0.3, -0.25) is 9.59 Å². The molecular formula is C15H20N2O4. The van der Waals surface area contributed by atoms with Crippen molar-refractivity contribution in [2.45, 2.75) is 13.3 Å². The van der Waals surface area contributed by atoms with E-state index in [0.717, 1.165) is 5.75 Å². The van der Waals surface area contributed by atoms with E-state index in [1.165, 1.54) is 0 Å². The lowest BCUT2D eigenvalue weighted by atomic mass is 10.2. The number of amides is 2. The van der Waals surface area contributed by atoms with E-state index in [2.05, 4.69) is 5.32 Å². The summed E-state index contributed by atoms with van der Waals surface area (Å²) in [5.74, 6) is 0.275. The Morgan fingerprint density at radius 1 is 1.24 bits per heavy atom. The van der Waals surface area contributed by atoms with Crippen molar-refractivity contribution in [3.05, 3.63) is 24.3 Å². The lowest BCUT2D eigenvalue weighted by Gasteiger charge is -2.26. The molecule has 1 N–H and O–H groups in total. The molecule has 1 aliphatic rings. The fourth-order valence-corrected chi connectivity index (χ4v) is 2.07. The van der Waals surface area contributed by atoms with Gasteiger partial charge in [0.25, 0.3) is 0 Å².